The van der Waals surface area contributed by atoms with E-state index in [1.165, 1.54) is 5.56 Å². The number of rotatable bonds is 8. The molecule has 0 unspecified atom stereocenters. The molecular weight excluding hydrogens is 400 g/mol. The first-order valence-corrected chi connectivity index (χ1v) is 9.98. The maximum atomic E-state index is 12.2. The molecule has 0 saturated heterocycles. The van der Waals surface area contributed by atoms with Crippen LogP contribution < -0.4 is 20.1 Å². The summed E-state index contributed by atoms with van der Waals surface area (Å²) in [5.41, 5.74) is 4.89. The summed E-state index contributed by atoms with van der Waals surface area (Å²) < 4.78 is 11.1. The van der Waals surface area contributed by atoms with Crippen LogP contribution in [-0.4, -0.2) is 19.6 Å². The summed E-state index contributed by atoms with van der Waals surface area (Å²) in [6, 6.07) is 19.2. The molecule has 3 aromatic rings. The van der Waals surface area contributed by atoms with Gasteiger partial charge in [0.1, 0.15) is 0 Å². The van der Waals surface area contributed by atoms with Crippen LogP contribution in [0.1, 0.15) is 16.7 Å². The predicted molar refractivity (Wildman–Crippen MR) is 122 cm³/mol. The van der Waals surface area contributed by atoms with E-state index >= 15 is 0 Å². The molecule has 156 valence electrons. The number of halogens is 1. The van der Waals surface area contributed by atoms with E-state index in [4.69, 9.17) is 21.1 Å². The SMILES string of the molecule is COc1cc(CNc2ccc(C)cc2)ccc1OCC(=O)Nc1ccc(C)c(Cl)c1. The number of amides is 1. The Morgan fingerprint density at radius 1 is 0.933 bits per heavy atom. The number of benzene rings is 3. The van der Waals surface area contributed by atoms with Crippen molar-refractivity contribution in [3.8, 4) is 11.5 Å². The molecule has 0 bridgehead atoms. The van der Waals surface area contributed by atoms with Crippen molar-refractivity contribution in [1.29, 1.82) is 0 Å². The van der Waals surface area contributed by atoms with Gasteiger partial charge in [-0.25, -0.2) is 0 Å². The van der Waals surface area contributed by atoms with Crippen molar-refractivity contribution >= 4 is 28.9 Å². The molecule has 0 aromatic heterocycles. The third-order valence-corrected chi connectivity index (χ3v) is 5.00. The Morgan fingerprint density at radius 2 is 1.67 bits per heavy atom. The van der Waals surface area contributed by atoms with Gasteiger partial charge < -0.3 is 20.1 Å². The molecule has 30 heavy (non-hydrogen) atoms. The second-order valence-corrected chi connectivity index (χ2v) is 7.41. The summed E-state index contributed by atoms with van der Waals surface area (Å²) in [7, 11) is 1.58. The lowest BCUT2D eigenvalue weighted by Gasteiger charge is -2.13. The van der Waals surface area contributed by atoms with Crippen molar-refractivity contribution in [2.75, 3.05) is 24.4 Å². The van der Waals surface area contributed by atoms with E-state index in [1.807, 2.05) is 37.3 Å². The molecule has 1 amide bonds. The van der Waals surface area contributed by atoms with Crippen LogP contribution in [0, 0.1) is 13.8 Å². The Hall–Kier alpha value is -3.18. The van der Waals surface area contributed by atoms with Crippen LogP contribution in [0.5, 0.6) is 11.5 Å². The quantitative estimate of drug-likeness (QED) is 0.494. The summed E-state index contributed by atoms with van der Waals surface area (Å²) in [5, 5.41) is 6.75. The van der Waals surface area contributed by atoms with Crippen molar-refractivity contribution in [3.05, 3.63) is 82.4 Å². The summed E-state index contributed by atoms with van der Waals surface area (Å²) in [4.78, 5) is 12.2. The molecule has 3 aromatic carbocycles. The lowest BCUT2D eigenvalue weighted by molar-refractivity contribution is -0.118. The molecule has 6 heteroatoms. The minimum atomic E-state index is -0.276. The molecule has 0 spiro atoms. The van der Waals surface area contributed by atoms with Gasteiger partial charge in [-0.15, -0.1) is 0 Å². The van der Waals surface area contributed by atoms with Crippen molar-refractivity contribution in [2.45, 2.75) is 20.4 Å². The van der Waals surface area contributed by atoms with Gasteiger partial charge in [0.15, 0.2) is 18.1 Å². The highest BCUT2D eigenvalue weighted by Gasteiger charge is 2.10. The fraction of sp³-hybridized carbons (Fsp3) is 0.208. The molecule has 0 aliphatic carbocycles. The number of ether oxygens (including phenoxy) is 2. The van der Waals surface area contributed by atoms with Crippen molar-refractivity contribution in [1.82, 2.24) is 0 Å². The molecule has 2 N–H and O–H groups in total. The largest absolute Gasteiger partial charge is 0.493 e. The molecule has 3 rings (SSSR count). The number of aryl methyl sites for hydroxylation is 2. The zero-order valence-corrected chi connectivity index (χ0v) is 18.0. The highest BCUT2D eigenvalue weighted by molar-refractivity contribution is 6.31. The minimum absolute atomic E-state index is 0.136. The molecule has 0 radical (unpaired) electrons. The van der Waals surface area contributed by atoms with E-state index in [1.54, 1.807) is 25.3 Å². The van der Waals surface area contributed by atoms with Gasteiger partial charge in [0.2, 0.25) is 0 Å². The summed E-state index contributed by atoms with van der Waals surface area (Å²) >= 11 is 6.09. The van der Waals surface area contributed by atoms with Crippen LogP contribution in [0.2, 0.25) is 5.02 Å². The van der Waals surface area contributed by atoms with Crippen LogP contribution in [0.25, 0.3) is 0 Å². The molecule has 0 fully saturated rings. The summed E-state index contributed by atoms with van der Waals surface area (Å²) in [6.45, 7) is 4.48. The van der Waals surface area contributed by atoms with E-state index < -0.39 is 0 Å². The molecule has 0 atom stereocenters. The smallest absolute Gasteiger partial charge is 0.262 e. The summed E-state index contributed by atoms with van der Waals surface area (Å²) in [6.07, 6.45) is 0. The van der Waals surface area contributed by atoms with Crippen LogP contribution in [-0.2, 0) is 11.3 Å². The van der Waals surface area contributed by atoms with E-state index in [9.17, 15) is 4.79 Å². The second-order valence-electron chi connectivity index (χ2n) is 7.01. The molecule has 5 nitrogen and oxygen atoms in total. The average Bonchev–Trinajstić information content (AvgIpc) is 2.74. The highest BCUT2D eigenvalue weighted by atomic mass is 35.5. The summed E-state index contributed by atoms with van der Waals surface area (Å²) in [5.74, 6) is 0.806. The third-order valence-electron chi connectivity index (χ3n) is 4.59. The van der Waals surface area contributed by atoms with Crippen LogP contribution >= 0.6 is 11.6 Å². The Bertz CT molecular complexity index is 1020. The number of hydrogen-bond donors (Lipinski definition) is 2. The fourth-order valence-electron chi connectivity index (χ4n) is 2.83. The number of nitrogens with one attached hydrogen (secondary N) is 2. The van der Waals surface area contributed by atoms with Gasteiger partial charge in [-0.1, -0.05) is 41.4 Å². The minimum Gasteiger partial charge on any atom is -0.493 e. The fourth-order valence-corrected chi connectivity index (χ4v) is 3.01. The van der Waals surface area contributed by atoms with Gasteiger partial charge >= 0.3 is 0 Å². The zero-order chi connectivity index (χ0) is 21.5. The third kappa shape index (κ3) is 5.91. The molecule has 0 aliphatic heterocycles. The number of hydrogen-bond acceptors (Lipinski definition) is 4. The van der Waals surface area contributed by atoms with E-state index in [2.05, 4.69) is 29.7 Å². The Morgan fingerprint density at radius 3 is 2.37 bits per heavy atom. The average molecular weight is 425 g/mol. The first-order valence-electron chi connectivity index (χ1n) is 9.61. The lowest BCUT2D eigenvalue weighted by atomic mass is 10.2. The highest BCUT2D eigenvalue weighted by Crippen LogP contribution is 2.28. The van der Waals surface area contributed by atoms with Gasteiger partial charge in [0.05, 0.1) is 7.11 Å². The van der Waals surface area contributed by atoms with Gasteiger partial charge in [0.25, 0.3) is 5.91 Å². The maximum Gasteiger partial charge on any atom is 0.262 e. The number of carbonyl (C=O) groups excluding carboxylic acids is 1. The topological polar surface area (TPSA) is 59.6 Å². The Labute approximate surface area is 182 Å². The predicted octanol–water partition coefficient (Wildman–Crippen LogP) is 5.60. The zero-order valence-electron chi connectivity index (χ0n) is 17.3. The van der Waals surface area contributed by atoms with Crippen molar-refractivity contribution in [3.63, 3.8) is 0 Å². The first kappa shape index (κ1) is 21.5. The number of methoxy groups -OCH3 is 1. The van der Waals surface area contributed by atoms with E-state index in [0.717, 1.165) is 16.8 Å². The van der Waals surface area contributed by atoms with Crippen LogP contribution in [0.3, 0.4) is 0 Å². The van der Waals surface area contributed by atoms with Gasteiger partial charge in [-0.2, -0.15) is 0 Å². The number of carbonyl (C=O) groups is 1. The van der Waals surface area contributed by atoms with E-state index in [-0.39, 0.29) is 12.5 Å². The first-order chi connectivity index (χ1) is 14.4. The van der Waals surface area contributed by atoms with Gasteiger partial charge in [-0.3, -0.25) is 4.79 Å². The van der Waals surface area contributed by atoms with Crippen LogP contribution in [0.15, 0.2) is 60.7 Å². The van der Waals surface area contributed by atoms with Crippen molar-refractivity contribution in [2.24, 2.45) is 0 Å². The molecule has 0 aliphatic rings. The van der Waals surface area contributed by atoms with Crippen LogP contribution in [0.4, 0.5) is 11.4 Å². The van der Waals surface area contributed by atoms with E-state index in [0.29, 0.717) is 28.8 Å². The molecule has 0 saturated carbocycles. The Kier molecular flexibility index (Phi) is 7.20. The van der Waals surface area contributed by atoms with Gasteiger partial charge in [-0.05, 0) is 61.4 Å². The molecule has 0 heterocycles. The van der Waals surface area contributed by atoms with Gasteiger partial charge in [0, 0.05) is 22.9 Å². The molecular formula is C24H25ClN2O3. The monoisotopic (exact) mass is 424 g/mol. The van der Waals surface area contributed by atoms with Crippen molar-refractivity contribution < 1.29 is 14.3 Å². The Balaban J connectivity index is 1.56. The number of anilines is 2. The normalized spacial score (nSPS) is 10.4. The maximum absolute atomic E-state index is 12.2. The second kappa shape index (κ2) is 10.0. The standard InChI is InChI=1S/C24H25ClN2O3/c1-16-4-8-19(9-5-16)26-14-18-7-11-22(23(12-18)29-3)30-15-24(28)27-20-10-6-17(2)21(25)13-20/h4-13,26H,14-15H2,1-3H3,(H,27,28). The lowest BCUT2D eigenvalue weighted by Crippen LogP contribution is -2.20.